The van der Waals surface area contributed by atoms with E-state index >= 15 is 0 Å². The van der Waals surface area contributed by atoms with E-state index < -0.39 is 20.6 Å². The van der Waals surface area contributed by atoms with Crippen molar-refractivity contribution in [3.8, 4) is 0 Å². The van der Waals surface area contributed by atoms with Crippen LogP contribution in [0, 0.1) is 24.0 Å². The molecule has 2 N–H and O–H groups in total. The number of hydrogen-bond donors (Lipinski definition) is 2. The molecule has 0 heterocycles. The summed E-state index contributed by atoms with van der Waals surface area (Å²) in [5.41, 5.74) is 5.25. The summed E-state index contributed by atoms with van der Waals surface area (Å²) >= 11 is 0. The predicted octanol–water partition coefficient (Wildman–Crippen LogP) is 4.46. The van der Waals surface area contributed by atoms with E-state index in [9.17, 15) is 18.5 Å². The zero-order chi connectivity index (χ0) is 21.7. The Morgan fingerprint density at radius 1 is 0.967 bits per heavy atom. The van der Waals surface area contributed by atoms with Gasteiger partial charge in [0.15, 0.2) is 0 Å². The Kier molecular flexibility index (Phi) is 6.12. The molecular formula is C21H20N4O4S. The van der Waals surface area contributed by atoms with Crippen LogP contribution < -0.4 is 10.1 Å². The molecule has 3 rings (SSSR count). The Morgan fingerprint density at radius 2 is 1.67 bits per heavy atom. The number of hydrazone groups is 1. The van der Waals surface area contributed by atoms with E-state index in [0.717, 1.165) is 22.8 Å². The van der Waals surface area contributed by atoms with E-state index in [0.29, 0.717) is 5.69 Å². The Hall–Kier alpha value is -3.72. The lowest BCUT2D eigenvalue weighted by Crippen LogP contribution is -2.14. The largest absolute Gasteiger partial charge is 0.295 e. The van der Waals surface area contributed by atoms with Crippen molar-refractivity contribution in [2.75, 3.05) is 10.1 Å². The van der Waals surface area contributed by atoms with E-state index in [1.54, 1.807) is 19.1 Å². The summed E-state index contributed by atoms with van der Waals surface area (Å²) in [6, 6.07) is 18.1. The molecule has 0 saturated carbocycles. The Bertz CT molecular complexity index is 1210. The summed E-state index contributed by atoms with van der Waals surface area (Å²) in [7, 11) is -4.01. The molecule has 0 radical (unpaired) electrons. The fraction of sp³-hybridized carbons (Fsp3) is 0.0952. The van der Waals surface area contributed by atoms with E-state index in [4.69, 9.17) is 0 Å². The molecule has 0 aliphatic heterocycles. The van der Waals surface area contributed by atoms with Crippen molar-refractivity contribution in [3.05, 3.63) is 93.5 Å². The van der Waals surface area contributed by atoms with Gasteiger partial charge >= 0.3 is 0 Å². The van der Waals surface area contributed by atoms with Crippen molar-refractivity contribution < 1.29 is 13.3 Å². The quantitative estimate of drug-likeness (QED) is 0.330. The molecular weight excluding hydrogens is 404 g/mol. The Labute approximate surface area is 174 Å². The maximum Gasteiger partial charge on any atom is 0.295 e. The van der Waals surface area contributed by atoms with Gasteiger partial charge in [0, 0.05) is 6.07 Å². The van der Waals surface area contributed by atoms with Crippen LogP contribution >= 0.6 is 0 Å². The minimum Gasteiger partial charge on any atom is -0.279 e. The number of nitro benzene ring substituents is 1. The van der Waals surface area contributed by atoms with E-state index in [1.807, 2.05) is 43.3 Å². The third kappa shape index (κ3) is 5.00. The number of benzene rings is 3. The van der Waals surface area contributed by atoms with Crippen molar-refractivity contribution in [3.63, 3.8) is 0 Å². The van der Waals surface area contributed by atoms with Crippen LogP contribution in [0.1, 0.15) is 16.7 Å². The first-order valence-corrected chi connectivity index (χ1v) is 10.5. The molecule has 0 aliphatic rings. The third-order valence-corrected chi connectivity index (χ3v) is 5.66. The van der Waals surface area contributed by atoms with Gasteiger partial charge < -0.3 is 0 Å². The second kappa shape index (κ2) is 8.75. The predicted molar refractivity (Wildman–Crippen MR) is 117 cm³/mol. The molecule has 3 aromatic rings. The van der Waals surface area contributed by atoms with Crippen LogP contribution in [0.4, 0.5) is 17.1 Å². The first-order valence-electron chi connectivity index (χ1n) is 8.99. The minimum absolute atomic E-state index is 0.0812. The zero-order valence-electron chi connectivity index (χ0n) is 16.4. The highest BCUT2D eigenvalue weighted by atomic mass is 32.2. The third-order valence-electron chi connectivity index (χ3n) is 4.30. The lowest BCUT2D eigenvalue weighted by molar-refractivity contribution is -0.384. The SMILES string of the molecule is Cc1ccc(NS(=O)(=O)c2ccc(N/N=C\c3ccccc3)c([N+](=O)[O-])c2)c(C)c1. The van der Waals surface area contributed by atoms with Crippen molar-refractivity contribution in [1.82, 2.24) is 0 Å². The van der Waals surface area contributed by atoms with Crippen molar-refractivity contribution in [1.29, 1.82) is 0 Å². The zero-order valence-corrected chi connectivity index (χ0v) is 17.2. The van der Waals surface area contributed by atoms with Crippen LogP contribution in [-0.4, -0.2) is 19.6 Å². The van der Waals surface area contributed by atoms with Crippen LogP contribution in [0.5, 0.6) is 0 Å². The standard InChI is InChI=1S/C21H20N4O4S/c1-15-8-10-19(16(2)12-15)24-30(28,29)18-9-11-20(21(13-18)25(26)27)23-22-14-17-6-4-3-5-7-17/h3-14,23-24H,1-2H3/b22-14-. The topological polar surface area (TPSA) is 114 Å². The number of aryl methyl sites for hydroxylation is 2. The molecule has 0 amide bonds. The molecule has 30 heavy (non-hydrogen) atoms. The molecule has 3 aromatic carbocycles. The van der Waals surface area contributed by atoms with Crippen LogP contribution in [0.15, 0.2) is 76.7 Å². The number of nitrogens with one attached hydrogen (secondary N) is 2. The second-order valence-corrected chi connectivity index (χ2v) is 8.32. The average molecular weight is 424 g/mol. The fourth-order valence-electron chi connectivity index (χ4n) is 2.77. The summed E-state index contributed by atoms with van der Waals surface area (Å²) < 4.78 is 28.0. The van der Waals surface area contributed by atoms with Gasteiger partial charge in [0.2, 0.25) is 0 Å². The molecule has 0 unspecified atom stereocenters. The van der Waals surface area contributed by atoms with Gasteiger partial charge in [-0.3, -0.25) is 20.3 Å². The second-order valence-electron chi connectivity index (χ2n) is 6.64. The summed E-state index contributed by atoms with van der Waals surface area (Å²) in [5.74, 6) is 0. The smallest absolute Gasteiger partial charge is 0.279 e. The summed E-state index contributed by atoms with van der Waals surface area (Å²) in [5, 5.41) is 15.5. The number of sulfonamides is 1. The maximum absolute atomic E-state index is 12.7. The highest BCUT2D eigenvalue weighted by Gasteiger charge is 2.22. The molecule has 0 saturated heterocycles. The van der Waals surface area contributed by atoms with E-state index in [1.165, 1.54) is 18.3 Å². The van der Waals surface area contributed by atoms with Crippen molar-refractivity contribution >= 4 is 33.3 Å². The van der Waals surface area contributed by atoms with Gasteiger partial charge in [0.25, 0.3) is 15.7 Å². The van der Waals surface area contributed by atoms with Crippen LogP contribution in [0.2, 0.25) is 0 Å². The van der Waals surface area contributed by atoms with Crippen LogP contribution in [0.3, 0.4) is 0 Å². The molecule has 0 fully saturated rings. The number of nitrogens with zero attached hydrogens (tertiary/aromatic N) is 2. The molecule has 0 aromatic heterocycles. The lowest BCUT2D eigenvalue weighted by Gasteiger charge is -2.12. The van der Waals surface area contributed by atoms with E-state index in [2.05, 4.69) is 15.2 Å². The summed E-state index contributed by atoms with van der Waals surface area (Å²) in [6.07, 6.45) is 1.51. The maximum atomic E-state index is 12.7. The van der Waals surface area contributed by atoms with Crippen LogP contribution in [-0.2, 0) is 10.0 Å². The first-order chi connectivity index (χ1) is 14.3. The normalized spacial score (nSPS) is 11.4. The lowest BCUT2D eigenvalue weighted by atomic mass is 10.1. The van der Waals surface area contributed by atoms with Crippen LogP contribution in [0.25, 0.3) is 0 Å². The average Bonchev–Trinajstić information content (AvgIpc) is 2.71. The Morgan fingerprint density at radius 3 is 2.33 bits per heavy atom. The van der Waals surface area contributed by atoms with Crippen molar-refractivity contribution in [2.45, 2.75) is 18.7 Å². The van der Waals surface area contributed by atoms with Gasteiger partial charge in [-0.05, 0) is 43.2 Å². The number of nitro groups is 1. The minimum atomic E-state index is -4.01. The van der Waals surface area contributed by atoms with Gasteiger partial charge in [-0.2, -0.15) is 5.10 Å². The molecule has 154 valence electrons. The van der Waals surface area contributed by atoms with Gasteiger partial charge in [0.05, 0.1) is 21.7 Å². The molecule has 8 nitrogen and oxygen atoms in total. The molecule has 9 heteroatoms. The molecule has 0 aliphatic carbocycles. The summed E-state index contributed by atoms with van der Waals surface area (Å²) in [6.45, 7) is 3.69. The van der Waals surface area contributed by atoms with Gasteiger partial charge in [-0.1, -0.05) is 48.0 Å². The molecule has 0 atom stereocenters. The first kappa shape index (κ1) is 21.0. The van der Waals surface area contributed by atoms with Crippen molar-refractivity contribution in [2.24, 2.45) is 5.10 Å². The molecule has 0 bridgehead atoms. The number of hydrogen-bond acceptors (Lipinski definition) is 6. The molecule has 0 spiro atoms. The number of anilines is 2. The van der Waals surface area contributed by atoms with Gasteiger partial charge in [-0.25, -0.2) is 8.42 Å². The monoisotopic (exact) mass is 424 g/mol. The fourth-order valence-corrected chi connectivity index (χ4v) is 3.92. The van der Waals surface area contributed by atoms with E-state index in [-0.39, 0.29) is 10.6 Å². The highest BCUT2D eigenvalue weighted by molar-refractivity contribution is 7.92. The Balaban J connectivity index is 1.86. The highest BCUT2D eigenvalue weighted by Crippen LogP contribution is 2.29. The summed E-state index contributed by atoms with van der Waals surface area (Å²) in [4.78, 5) is 10.6. The number of rotatable bonds is 7. The van der Waals surface area contributed by atoms with Gasteiger partial charge in [0.1, 0.15) is 5.69 Å². The van der Waals surface area contributed by atoms with Gasteiger partial charge in [-0.15, -0.1) is 0 Å².